The summed E-state index contributed by atoms with van der Waals surface area (Å²) in [6, 6.07) is 3.48. The normalized spacial score (nSPS) is 12.4. The Hall–Kier alpha value is -1.83. The maximum atomic E-state index is 12.1. The number of amides is 1. The molecule has 0 bridgehead atoms. The average Bonchev–Trinajstić information content (AvgIpc) is 3.03. The second kappa shape index (κ2) is 8.86. The molecule has 0 aliphatic rings. The first kappa shape index (κ1) is 18.5. The van der Waals surface area contributed by atoms with E-state index in [0.29, 0.717) is 24.7 Å². The van der Waals surface area contributed by atoms with Crippen LogP contribution in [0, 0.1) is 0 Å². The van der Waals surface area contributed by atoms with E-state index in [1.165, 1.54) is 11.3 Å². The second-order valence-corrected chi connectivity index (χ2v) is 6.90. The molecular formula is C17H25N5OS. The molecule has 0 saturated carbocycles. The van der Waals surface area contributed by atoms with Gasteiger partial charge in [0.05, 0.1) is 6.04 Å². The summed E-state index contributed by atoms with van der Waals surface area (Å²) < 4.78 is 0. The van der Waals surface area contributed by atoms with Crippen LogP contribution in [0.4, 0.5) is 5.82 Å². The minimum atomic E-state index is -0.534. The van der Waals surface area contributed by atoms with E-state index in [4.69, 9.17) is 11.5 Å². The third-order valence-corrected chi connectivity index (χ3v) is 4.58. The van der Waals surface area contributed by atoms with Gasteiger partial charge in [-0.25, -0.2) is 4.98 Å². The monoisotopic (exact) mass is 347 g/mol. The molecule has 0 saturated heterocycles. The van der Waals surface area contributed by atoms with Gasteiger partial charge in [0.1, 0.15) is 10.8 Å². The van der Waals surface area contributed by atoms with E-state index in [0.717, 1.165) is 29.1 Å². The van der Waals surface area contributed by atoms with Crippen molar-refractivity contribution in [3.05, 3.63) is 29.4 Å². The lowest BCUT2D eigenvalue weighted by Gasteiger charge is -2.10. The van der Waals surface area contributed by atoms with Gasteiger partial charge < -0.3 is 16.8 Å². The third-order valence-electron chi connectivity index (χ3n) is 3.69. The number of unbranched alkanes of at least 4 members (excludes halogenated alkanes) is 1. The molecule has 0 aliphatic heterocycles. The van der Waals surface area contributed by atoms with Crippen LogP contribution in [0.1, 0.15) is 44.7 Å². The zero-order valence-corrected chi connectivity index (χ0v) is 15.0. The first-order valence-electron chi connectivity index (χ1n) is 8.19. The molecule has 0 fully saturated rings. The number of pyridine rings is 1. The number of hydrogen-bond acceptors (Lipinski definition) is 6. The molecule has 24 heavy (non-hydrogen) atoms. The highest BCUT2D eigenvalue weighted by molar-refractivity contribution is 7.13. The zero-order valence-electron chi connectivity index (χ0n) is 14.2. The van der Waals surface area contributed by atoms with Crippen molar-refractivity contribution in [3.63, 3.8) is 0 Å². The smallest absolute Gasteiger partial charge is 0.242 e. The zero-order chi connectivity index (χ0) is 17.5. The van der Waals surface area contributed by atoms with E-state index in [1.807, 2.05) is 23.7 Å². The number of carbonyl (C=O) groups is 1. The number of rotatable bonds is 8. The summed E-state index contributed by atoms with van der Waals surface area (Å²) in [5, 5.41) is 5.41. The van der Waals surface area contributed by atoms with Crippen molar-refractivity contribution in [1.82, 2.24) is 9.97 Å². The Morgan fingerprint density at radius 2 is 2.12 bits per heavy atom. The largest absolute Gasteiger partial charge is 0.330 e. The van der Waals surface area contributed by atoms with Gasteiger partial charge in [-0.2, -0.15) is 0 Å². The van der Waals surface area contributed by atoms with Crippen LogP contribution in [-0.4, -0.2) is 28.5 Å². The number of aromatic nitrogens is 2. The maximum absolute atomic E-state index is 12.1. The van der Waals surface area contributed by atoms with Crippen molar-refractivity contribution in [2.75, 3.05) is 11.9 Å². The maximum Gasteiger partial charge on any atom is 0.242 e. The number of hydrogen-bond donors (Lipinski definition) is 3. The number of nitrogens with one attached hydrogen (secondary N) is 1. The summed E-state index contributed by atoms with van der Waals surface area (Å²) in [6.45, 7) is 4.83. The highest BCUT2D eigenvalue weighted by Crippen LogP contribution is 2.26. The molecule has 0 unspecified atom stereocenters. The lowest BCUT2D eigenvalue weighted by atomic mass is 10.1. The Kier molecular flexibility index (Phi) is 6.84. The molecule has 5 N–H and O–H groups in total. The van der Waals surface area contributed by atoms with Crippen LogP contribution < -0.4 is 16.8 Å². The Bertz CT molecular complexity index is 653. The number of nitrogens with zero attached hydrogens (tertiary/aromatic N) is 2. The molecular weight excluding hydrogens is 322 g/mol. The van der Waals surface area contributed by atoms with Gasteiger partial charge in [0, 0.05) is 22.8 Å². The summed E-state index contributed by atoms with van der Waals surface area (Å²) in [7, 11) is 0. The average molecular weight is 347 g/mol. The van der Waals surface area contributed by atoms with E-state index in [2.05, 4.69) is 29.1 Å². The summed E-state index contributed by atoms with van der Waals surface area (Å²) in [4.78, 5) is 20.9. The molecule has 6 nitrogen and oxygen atoms in total. The standard InChI is InChI=1S/C17H25N5OS/c1-11(2)14-7-6-12(9-20-14)17-22-15(10-24-17)21-16(23)13(19)5-3-4-8-18/h6-7,9-11,13H,3-5,8,18-19H2,1-2H3,(H,21,23)/t13-/m0/s1. The molecule has 0 aromatic carbocycles. The third kappa shape index (κ3) is 5.09. The molecule has 1 amide bonds. The van der Waals surface area contributed by atoms with E-state index in [-0.39, 0.29) is 5.91 Å². The Morgan fingerprint density at radius 3 is 2.75 bits per heavy atom. The number of carbonyl (C=O) groups excluding carboxylic acids is 1. The Labute approximate surface area is 146 Å². The van der Waals surface area contributed by atoms with Crippen LogP contribution in [0.5, 0.6) is 0 Å². The van der Waals surface area contributed by atoms with Crippen molar-refractivity contribution >= 4 is 23.1 Å². The Morgan fingerprint density at radius 1 is 1.33 bits per heavy atom. The topological polar surface area (TPSA) is 107 Å². The molecule has 0 radical (unpaired) electrons. The number of nitrogens with two attached hydrogens (primary N) is 2. The van der Waals surface area contributed by atoms with Gasteiger partial charge in [-0.15, -0.1) is 11.3 Å². The van der Waals surface area contributed by atoms with Crippen LogP contribution in [0.25, 0.3) is 10.6 Å². The predicted molar refractivity (Wildman–Crippen MR) is 98.9 cm³/mol. The minimum Gasteiger partial charge on any atom is -0.330 e. The molecule has 0 aliphatic carbocycles. The Balaban J connectivity index is 1.96. The molecule has 0 spiro atoms. The van der Waals surface area contributed by atoms with E-state index < -0.39 is 6.04 Å². The van der Waals surface area contributed by atoms with Gasteiger partial charge in [-0.1, -0.05) is 20.3 Å². The number of thiazole rings is 1. The summed E-state index contributed by atoms with van der Waals surface area (Å²) in [6.07, 6.45) is 4.17. The van der Waals surface area contributed by atoms with Crippen LogP contribution in [0.15, 0.2) is 23.7 Å². The fraction of sp³-hybridized carbons (Fsp3) is 0.471. The molecule has 130 valence electrons. The predicted octanol–water partition coefficient (Wildman–Crippen LogP) is 2.72. The quantitative estimate of drug-likeness (QED) is 0.637. The second-order valence-electron chi connectivity index (χ2n) is 6.04. The first-order valence-corrected chi connectivity index (χ1v) is 9.07. The fourth-order valence-electron chi connectivity index (χ4n) is 2.20. The van der Waals surface area contributed by atoms with E-state index in [9.17, 15) is 4.79 Å². The van der Waals surface area contributed by atoms with Crippen LogP contribution in [0.3, 0.4) is 0 Å². The van der Waals surface area contributed by atoms with E-state index >= 15 is 0 Å². The summed E-state index contributed by atoms with van der Waals surface area (Å²) in [5.74, 6) is 0.713. The molecule has 2 heterocycles. The van der Waals surface area contributed by atoms with Gasteiger partial charge in [-0.3, -0.25) is 9.78 Å². The lowest BCUT2D eigenvalue weighted by molar-refractivity contribution is -0.117. The van der Waals surface area contributed by atoms with Crippen LogP contribution >= 0.6 is 11.3 Å². The van der Waals surface area contributed by atoms with Gasteiger partial charge in [0.2, 0.25) is 5.91 Å². The van der Waals surface area contributed by atoms with Gasteiger partial charge in [0.15, 0.2) is 0 Å². The highest BCUT2D eigenvalue weighted by atomic mass is 32.1. The molecule has 2 aromatic heterocycles. The molecule has 7 heteroatoms. The minimum absolute atomic E-state index is 0.211. The SMILES string of the molecule is CC(C)c1ccc(-c2nc(NC(=O)[C@@H](N)CCCCN)cs2)cn1. The molecule has 1 atom stereocenters. The van der Waals surface area contributed by atoms with Crippen molar-refractivity contribution in [3.8, 4) is 10.6 Å². The van der Waals surface area contributed by atoms with Crippen LogP contribution in [-0.2, 0) is 4.79 Å². The highest BCUT2D eigenvalue weighted by Gasteiger charge is 2.15. The van der Waals surface area contributed by atoms with Crippen molar-refractivity contribution in [1.29, 1.82) is 0 Å². The fourth-order valence-corrected chi connectivity index (χ4v) is 2.94. The van der Waals surface area contributed by atoms with Gasteiger partial charge in [0.25, 0.3) is 0 Å². The van der Waals surface area contributed by atoms with Gasteiger partial charge >= 0.3 is 0 Å². The molecule has 2 aromatic rings. The van der Waals surface area contributed by atoms with E-state index in [1.54, 1.807) is 0 Å². The first-order chi connectivity index (χ1) is 11.5. The van der Waals surface area contributed by atoms with Crippen molar-refractivity contribution in [2.45, 2.75) is 45.1 Å². The lowest BCUT2D eigenvalue weighted by Crippen LogP contribution is -2.35. The molecule has 2 rings (SSSR count). The van der Waals surface area contributed by atoms with Gasteiger partial charge in [-0.05, 0) is 37.4 Å². The van der Waals surface area contributed by atoms with Crippen molar-refractivity contribution < 1.29 is 4.79 Å². The number of anilines is 1. The summed E-state index contributed by atoms with van der Waals surface area (Å²) in [5.41, 5.74) is 13.3. The van der Waals surface area contributed by atoms with Crippen LogP contribution in [0.2, 0.25) is 0 Å². The van der Waals surface area contributed by atoms with Crippen molar-refractivity contribution in [2.24, 2.45) is 11.5 Å². The summed E-state index contributed by atoms with van der Waals surface area (Å²) >= 11 is 1.47.